The van der Waals surface area contributed by atoms with Crippen molar-refractivity contribution in [3.63, 3.8) is 0 Å². The fourth-order valence-corrected chi connectivity index (χ4v) is 2.75. The zero-order valence-electron chi connectivity index (χ0n) is 11.7. The molecule has 3 rings (SSSR count). The maximum atomic E-state index is 9.24. The van der Waals surface area contributed by atoms with Gasteiger partial charge in [-0.1, -0.05) is 6.07 Å². The van der Waals surface area contributed by atoms with Gasteiger partial charge in [0.2, 0.25) is 0 Å². The maximum absolute atomic E-state index is 9.24. The molecule has 0 bridgehead atoms. The minimum absolute atomic E-state index is 0.205. The third kappa shape index (κ3) is 2.56. The van der Waals surface area contributed by atoms with Crippen LogP contribution in [0.15, 0.2) is 29.9 Å². The molecule has 0 saturated carbocycles. The van der Waals surface area contributed by atoms with Gasteiger partial charge in [0.05, 0.1) is 21.6 Å². The van der Waals surface area contributed by atoms with E-state index in [2.05, 4.69) is 26.6 Å². The number of thiazole rings is 1. The lowest BCUT2D eigenvalue weighted by atomic mass is 10.1. The first-order valence-corrected chi connectivity index (χ1v) is 7.43. The van der Waals surface area contributed by atoms with Gasteiger partial charge in [0, 0.05) is 17.6 Å². The SMILES string of the molecule is CC(C)Nc1c(C#N)nnc2ccc(-c3cncs3)cc12. The van der Waals surface area contributed by atoms with Gasteiger partial charge in [0.15, 0.2) is 5.69 Å². The van der Waals surface area contributed by atoms with E-state index in [1.807, 2.05) is 38.2 Å². The second-order valence-corrected chi connectivity index (χ2v) is 5.82. The maximum Gasteiger partial charge on any atom is 0.186 e. The van der Waals surface area contributed by atoms with Gasteiger partial charge in [-0.3, -0.25) is 4.98 Å². The molecule has 1 aromatic carbocycles. The van der Waals surface area contributed by atoms with E-state index in [9.17, 15) is 5.26 Å². The van der Waals surface area contributed by atoms with E-state index in [1.54, 1.807) is 16.8 Å². The summed E-state index contributed by atoms with van der Waals surface area (Å²) in [5.41, 5.74) is 4.69. The molecule has 3 aromatic rings. The quantitative estimate of drug-likeness (QED) is 0.801. The van der Waals surface area contributed by atoms with Gasteiger partial charge in [-0.2, -0.15) is 5.26 Å². The zero-order chi connectivity index (χ0) is 14.8. The van der Waals surface area contributed by atoms with Crippen LogP contribution in [0.5, 0.6) is 0 Å². The monoisotopic (exact) mass is 295 g/mol. The molecule has 0 amide bonds. The van der Waals surface area contributed by atoms with Crippen molar-refractivity contribution in [1.29, 1.82) is 5.26 Å². The molecule has 5 nitrogen and oxygen atoms in total. The summed E-state index contributed by atoms with van der Waals surface area (Å²) in [5, 5.41) is 21.6. The molecule has 1 N–H and O–H groups in total. The molecule has 104 valence electrons. The summed E-state index contributed by atoms with van der Waals surface area (Å²) < 4.78 is 0. The predicted molar refractivity (Wildman–Crippen MR) is 84.1 cm³/mol. The van der Waals surface area contributed by atoms with Crippen LogP contribution < -0.4 is 5.32 Å². The summed E-state index contributed by atoms with van der Waals surface area (Å²) in [5.74, 6) is 0. The van der Waals surface area contributed by atoms with Gasteiger partial charge in [-0.25, -0.2) is 0 Å². The fraction of sp³-hybridized carbons (Fsp3) is 0.200. The second kappa shape index (κ2) is 5.46. The Labute approximate surface area is 126 Å². The molecule has 0 radical (unpaired) electrons. The Morgan fingerprint density at radius 2 is 2.14 bits per heavy atom. The van der Waals surface area contributed by atoms with E-state index in [-0.39, 0.29) is 6.04 Å². The summed E-state index contributed by atoms with van der Waals surface area (Å²) in [7, 11) is 0. The lowest BCUT2D eigenvalue weighted by Crippen LogP contribution is -2.12. The predicted octanol–water partition coefficient (Wildman–Crippen LogP) is 3.45. The average molecular weight is 295 g/mol. The lowest BCUT2D eigenvalue weighted by molar-refractivity contribution is 0.894. The molecule has 0 atom stereocenters. The van der Waals surface area contributed by atoms with Crippen LogP contribution in [0.4, 0.5) is 5.69 Å². The number of hydrogen-bond acceptors (Lipinski definition) is 6. The number of nitriles is 1. The molecule has 0 aliphatic carbocycles. The minimum atomic E-state index is 0.205. The van der Waals surface area contributed by atoms with E-state index in [1.165, 1.54) is 0 Å². The van der Waals surface area contributed by atoms with Crippen LogP contribution in [0.3, 0.4) is 0 Å². The normalized spacial score (nSPS) is 10.8. The van der Waals surface area contributed by atoms with Crippen molar-refractivity contribution in [1.82, 2.24) is 15.2 Å². The van der Waals surface area contributed by atoms with E-state index >= 15 is 0 Å². The van der Waals surface area contributed by atoms with Crippen LogP contribution >= 0.6 is 11.3 Å². The van der Waals surface area contributed by atoms with Gasteiger partial charge in [0.1, 0.15) is 6.07 Å². The topological polar surface area (TPSA) is 74.5 Å². The highest BCUT2D eigenvalue weighted by molar-refractivity contribution is 7.13. The summed E-state index contributed by atoms with van der Waals surface area (Å²) in [6.07, 6.45) is 1.83. The van der Waals surface area contributed by atoms with Crippen molar-refractivity contribution < 1.29 is 0 Å². The third-order valence-electron chi connectivity index (χ3n) is 3.02. The van der Waals surface area contributed by atoms with Gasteiger partial charge >= 0.3 is 0 Å². The Bertz CT molecular complexity index is 818. The van der Waals surface area contributed by atoms with Gasteiger partial charge in [0.25, 0.3) is 0 Å². The van der Waals surface area contributed by atoms with Gasteiger partial charge < -0.3 is 5.32 Å². The van der Waals surface area contributed by atoms with E-state index in [0.717, 1.165) is 27.0 Å². The number of anilines is 1. The number of nitrogens with one attached hydrogen (secondary N) is 1. The molecule has 2 aromatic heterocycles. The number of nitrogens with zero attached hydrogens (tertiary/aromatic N) is 4. The highest BCUT2D eigenvalue weighted by Gasteiger charge is 2.12. The minimum Gasteiger partial charge on any atom is -0.380 e. The van der Waals surface area contributed by atoms with Crippen LogP contribution in [0.1, 0.15) is 19.5 Å². The van der Waals surface area contributed by atoms with Gasteiger partial charge in [-0.15, -0.1) is 21.5 Å². The first-order valence-electron chi connectivity index (χ1n) is 6.55. The molecule has 0 spiro atoms. The molecule has 0 aliphatic heterocycles. The van der Waals surface area contributed by atoms with Crippen LogP contribution in [0.2, 0.25) is 0 Å². The largest absolute Gasteiger partial charge is 0.380 e. The molecule has 2 heterocycles. The molecule has 0 unspecified atom stereocenters. The molecule has 21 heavy (non-hydrogen) atoms. The van der Waals surface area contributed by atoms with Crippen molar-refractivity contribution in [2.75, 3.05) is 5.32 Å². The third-order valence-corrected chi connectivity index (χ3v) is 3.84. The highest BCUT2D eigenvalue weighted by atomic mass is 32.1. The summed E-state index contributed by atoms with van der Waals surface area (Å²) >= 11 is 1.58. The Morgan fingerprint density at radius 1 is 1.29 bits per heavy atom. The highest BCUT2D eigenvalue weighted by Crippen LogP contribution is 2.31. The Kier molecular flexibility index (Phi) is 3.50. The first-order chi connectivity index (χ1) is 10.2. The molecule has 6 heteroatoms. The van der Waals surface area contributed by atoms with E-state index in [4.69, 9.17) is 0 Å². The lowest BCUT2D eigenvalue weighted by Gasteiger charge is -2.13. The summed E-state index contributed by atoms with van der Waals surface area (Å²) in [6.45, 7) is 4.06. The van der Waals surface area contributed by atoms with Crippen molar-refractivity contribution in [3.8, 4) is 16.5 Å². The number of hydrogen-bond donors (Lipinski definition) is 1. The smallest absolute Gasteiger partial charge is 0.186 e. The van der Waals surface area contributed by atoms with Crippen LogP contribution in [-0.4, -0.2) is 21.2 Å². The van der Waals surface area contributed by atoms with Crippen LogP contribution in [0, 0.1) is 11.3 Å². The molecule has 0 saturated heterocycles. The van der Waals surface area contributed by atoms with E-state index < -0.39 is 0 Å². The van der Waals surface area contributed by atoms with Crippen molar-refractivity contribution in [3.05, 3.63) is 35.6 Å². The standard InChI is InChI=1S/C15H13N5S/c1-9(2)18-15-11-5-10(14-7-17-8-21-14)3-4-12(11)19-20-13(15)6-16/h3-5,7-9H,1-2H3,(H,18,19). The Morgan fingerprint density at radius 3 is 2.81 bits per heavy atom. The molecular weight excluding hydrogens is 282 g/mol. The fourth-order valence-electron chi connectivity index (χ4n) is 2.13. The second-order valence-electron chi connectivity index (χ2n) is 4.93. The van der Waals surface area contributed by atoms with Crippen molar-refractivity contribution in [2.24, 2.45) is 0 Å². The average Bonchev–Trinajstić information content (AvgIpc) is 3.01. The molecule has 0 fully saturated rings. The summed E-state index contributed by atoms with van der Waals surface area (Å²) in [6, 6.07) is 8.25. The first kappa shape index (κ1) is 13.5. The van der Waals surface area contributed by atoms with E-state index in [0.29, 0.717) is 5.69 Å². The number of fused-ring (bicyclic) bond motifs is 1. The number of aromatic nitrogens is 3. The number of rotatable bonds is 3. The Balaban J connectivity index is 2.24. The zero-order valence-corrected chi connectivity index (χ0v) is 12.5. The van der Waals surface area contributed by atoms with Gasteiger partial charge in [-0.05, 0) is 31.5 Å². The molecule has 0 aliphatic rings. The number of benzene rings is 1. The van der Waals surface area contributed by atoms with Crippen LogP contribution in [-0.2, 0) is 0 Å². The summed E-state index contributed by atoms with van der Waals surface area (Å²) in [4.78, 5) is 5.19. The molecular formula is C15H13N5S. The van der Waals surface area contributed by atoms with Crippen molar-refractivity contribution >= 4 is 27.9 Å². The van der Waals surface area contributed by atoms with Crippen LogP contribution in [0.25, 0.3) is 21.3 Å². The Hall–Kier alpha value is -2.52. The van der Waals surface area contributed by atoms with Crippen molar-refractivity contribution in [2.45, 2.75) is 19.9 Å².